The number of amides is 1. The highest BCUT2D eigenvalue weighted by Crippen LogP contribution is 2.34. The van der Waals surface area contributed by atoms with Crippen molar-refractivity contribution < 1.29 is 9.53 Å². The Balaban J connectivity index is 0.00000200. The van der Waals surface area contributed by atoms with Gasteiger partial charge in [-0.2, -0.15) is 0 Å². The number of likely N-dealkylation sites (N-methyl/N-ethyl adjacent to an activating group) is 1. The van der Waals surface area contributed by atoms with E-state index in [9.17, 15) is 4.79 Å². The van der Waals surface area contributed by atoms with Crippen molar-refractivity contribution in [1.82, 2.24) is 4.90 Å². The van der Waals surface area contributed by atoms with Crippen molar-refractivity contribution in [3.63, 3.8) is 0 Å². The normalized spacial score (nSPS) is 15.2. The molecule has 2 N–H and O–H groups in total. The lowest BCUT2D eigenvalue weighted by molar-refractivity contribution is -0.133. The monoisotopic (exact) mass is 362 g/mol. The minimum absolute atomic E-state index is 0. The first-order valence-corrected chi connectivity index (χ1v) is 7.31. The maximum Gasteiger partial charge on any atom is 0.242 e. The summed E-state index contributed by atoms with van der Waals surface area (Å²) in [6, 6.07) is 7.65. The number of ether oxygens (including phenoxy) is 1. The maximum atomic E-state index is 12.1. The molecule has 4 nitrogen and oxygen atoms in total. The fourth-order valence-corrected chi connectivity index (χ4v) is 2.14. The van der Waals surface area contributed by atoms with Crippen molar-refractivity contribution in [1.29, 1.82) is 0 Å². The number of carbonyl (C=O) groups excluding carboxylic acids is 1. The zero-order valence-corrected chi connectivity index (χ0v) is 13.9. The summed E-state index contributed by atoms with van der Waals surface area (Å²) in [5.41, 5.74) is 5.34. The van der Waals surface area contributed by atoms with Crippen LogP contribution in [0.3, 0.4) is 0 Å². The van der Waals surface area contributed by atoms with E-state index in [0.717, 1.165) is 23.1 Å². The van der Waals surface area contributed by atoms with Crippen LogP contribution in [-0.2, 0) is 4.79 Å². The molecule has 112 valence electrons. The number of rotatable bonds is 6. The molecule has 6 heteroatoms. The van der Waals surface area contributed by atoms with Gasteiger partial charge in [-0.3, -0.25) is 4.79 Å². The third-order valence-electron chi connectivity index (χ3n) is 3.33. The van der Waals surface area contributed by atoms with Crippen LogP contribution < -0.4 is 10.5 Å². The third kappa shape index (κ3) is 4.36. The second-order valence-electron chi connectivity index (χ2n) is 4.84. The van der Waals surface area contributed by atoms with Crippen molar-refractivity contribution in [2.24, 2.45) is 5.73 Å². The Morgan fingerprint density at radius 3 is 2.50 bits per heavy atom. The van der Waals surface area contributed by atoms with Gasteiger partial charge in [-0.05, 0) is 44.0 Å². The van der Waals surface area contributed by atoms with Crippen molar-refractivity contribution in [3.05, 3.63) is 28.7 Å². The number of nitrogens with zero attached hydrogens (tertiary/aromatic N) is 1. The minimum Gasteiger partial charge on any atom is -0.492 e. The van der Waals surface area contributed by atoms with E-state index in [-0.39, 0.29) is 18.3 Å². The lowest BCUT2D eigenvalue weighted by Crippen LogP contribution is -2.47. The van der Waals surface area contributed by atoms with Crippen LogP contribution in [0.4, 0.5) is 0 Å². The Kier molecular flexibility index (Phi) is 6.30. The standard InChI is InChI=1S/C14H19BrN2O2.ClH/c1-2-17(13(18)14(16)7-8-14)9-10-19-12-5-3-11(15)4-6-12;/h3-6H,2,7-10,16H2,1H3;1H. The van der Waals surface area contributed by atoms with Gasteiger partial charge in [-0.15, -0.1) is 12.4 Å². The molecule has 1 saturated carbocycles. The molecule has 0 spiro atoms. The molecule has 0 radical (unpaired) electrons. The Morgan fingerprint density at radius 2 is 2.00 bits per heavy atom. The molecule has 0 aromatic heterocycles. The number of hydrogen-bond donors (Lipinski definition) is 1. The van der Waals surface area contributed by atoms with E-state index < -0.39 is 5.54 Å². The molecule has 20 heavy (non-hydrogen) atoms. The lowest BCUT2D eigenvalue weighted by Gasteiger charge is -2.24. The number of halogens is 2. The average molecular weight is 364 g/mol. The van der Waals surface area contributed by atoms with E-state index in [1.165, 1.54) is 0 Å². The van der Waals surface area contributed by atoms with Crippen molar-refractivity contribution >= 4 is 34.2 Å². The first-order chi connectivity index (χ1) is 9.05. The van der Waals surface area contributed by atoms with Gasteiger partial charge in [-0.25, -0.2) is 0 Å². The third-order valence-corrected chi connectivity index (χ3v) is 3.86. The molecule has 0 unspecified atom stereocenters. The van der Waals surface area contributed by atoms with Crippen LogP contribution >= 0.6 is 28.3 Å². The van der Waals surface area contributed by atoms with Crippen molar-refractivity contribution in [2.75, 3.05) is 19.7 Å². The smallest absolute Gasteiger partial charge is 0.242 e. The van der Waals surface area contributed by atoms with Crippen LogP contribution in [0.1, 0.15) is 19.8 Å². The summed E-state index contributed by atoms with van der Waals surface area (Å²) in [7, 11) is 0. The minimum atomic E-state index is -0.590. The summed E-state index contributed by atoms with van der Waals surface area (Å²) in [4.78, 5) is 13.9. The molecule has 1 fully saturated rings. The molecular weight excluding hydrogens is 344 g/mol. The van der Waals surface area contributed by atoms with E-state index in [2.05, 4.69) is 15.9 Å². The van der Waals surface area contributed by atoms with E-state index in [1.807, 2.05) is 31.2 Å². The second kappa shape index (κ2) is 7.29. The summed E-state index contributed by atoms with van der Waals surface area (Å²) < 4.78 is 6.64. The molecule has 0 bridgehead atoms. The van der Waals surface area contributed by atoms with Gasteiger partial charge < -0.3 is 15.4 Å². The van der Waals surface area contributed by atoms with Gasteiger partial charge in [-0.1, -0.05) is 15.9 Å². The molecule has 2 rings (SSSR count). The SMILES string of the molecule is CCN(CCOc1ccc(Br)cc1)C(=O)C1(N)CC1.Cl. The molecule has 1 aromatic carbocycles. The Labute approximate surface area is 134 Å². The van der Waals surface area contributed by atoms with Gasteiger partial charge in [0.1, 0.15) is 12.4 Å². The van der Waals surface area contributed by atoms with Crippen LogP contribution in [0, 0.1) is 0 Å². The summed E-state index contributed by atoms with van der Waals surface area (Å²) in [6.45, 7) is 3.69. The number of hydrogen-bond acceptors (Lipinski definition) is 3. The van der Waals surface area contributed by atoms with E-state index in [1.54, 1.807) is 4.90 Å². The van der Waals surface area contributed by atoms with Gasteiger partial charge in [0, 0.05) is 11.0 Å². The number of nitrogens with two attached hydrogens (primary N) is 1. The molecule has 1 aromatic rings. The van der Waals surface area contributed by atoms with Crippen LogP contribution in [0.15, 0.2) is 28.7 Å². The van der Waals surface area contributed by atoms with E-state index in [4.69, 9.17) is 10.5 Å². The molecule has 0 saturated heterocycles. The summed E-state index contributed by atoms with van der Waals surface area (Å²) >= 11 is 3.37. The molecule has 0 heterocycles. The van der Waals surface area contributed by atoms with Crippen LogP contribution in [0.25, 0.3) is 0 Å². The first kappa shape index (κ1) is 17.3. The van der Waals surface area contributed by atoms with Crippen molar-refractivity contribution in [3.8, 4) is 5.75 Å². The zero-order chi connectivity index (χ0) is 13.9. The molecule has 1 aliphatic rings. The van der Waals surface area contributed by atoms with Gasteiger partial charge in [0.15, 0.2) is 0 Å². The molecule has 0 atom stereocenters. The second-order valence-corrected chi connectivity index (χ2v) is 5.76. The molecule has 1 amide bonds. The zero-order valence-electron chi connectivity index (χ0n) is 11.5. The largest absolute Gasteiger partial charge is 0.492 e. The summed E-state index contributed by atoms with van der Waals surface area (Å²) in [6.07, 6.45) is 1.60. The maximum absolute atomic E-state index is 12.1. The average Bonchev–Trinajstić information content (AvgIpc) is 3.15. The highest BCUT2D eigenvalue weighted by molar-refractivity contribution is 9.10. The predicted molar refractivity (Wildman–Crippen MR) is 85.3 cm³/mol. The highest BCUT2D eigenvalue weighted by atomic mass is 79.9. The van der Waals surface area contributed by atoms with Gasteiger partial charge >= 0.3 is 0 Å². The van der Waals surface area contributed by atoms with E-state index >= 15 is 0 Å². The summed E-state index contributed by atoms with van der Waals surface area (Å²) in [5.74, 6) is 0.856. The quantitative estimate of drug-likeness (QED) is 0.845. The Bertz CT molecular complexity index is 449. The fraction of sp³-hybridized carbons (Fsp3) is 0.500. The predicted octanol–water partition coefficient (Wildman–Crippen LogP) is 2.59. The number of carbonyl (C=O) groups is 1. The topological polar surface area (TPSA) is 55.6 Å². The summed E-state index contributed by atoms with van der Waals surface area (Å²) in [5, 5.41) is 0. The molecular formula is C14H20BrClN2O2. The van der Waals surface area contributed by atoms with Crippen LogP contribution in [-0.4, -0.2) is 36.0 Å². The Morgan fingerprint density at radius 1 is 1.40 bits per heavy atom. The lowest BCUT2D eigenvalue weighted by atomic mass is 10.2. The first-order valence-electron chi connectivity index (χ1n) is 6.52. The van der Waals surface area contributed by atoms with Crippen LogP contribution in [0.5, 0.6) is 5.75 Å². The van der Waals surface area contributed by atoms with Gasteiger partial charge in [0.25, 0.3) is 0 Å². The number of benzene rings is 1. The molecule has 1 aliphatic carbocycles. The van der Waals surface area contributed by atoms with Crippen molar-refractivity contribution in [2.45, 2.75) is 25.3 Å². The van der Waals surface area contributed by atoms with Gasteiger partial charge in [0.2, 0.25) is 5.91 Å². The Hall–Kier alpha value is -0.780. The molecule has 0 aliphatic heterocycles. The van der Waals surface area contributed by atoms with Crippen LogP contribution in [0.2, 0.25) is 0 Å². The van der Waals surface area contributed by atoms with E-state index in [0.29, 0.717) is 19.7 Å². The van der Waals surface area contributed by atoms with Gasteiger partial charge in [0.05, 0.1) is 12.1 Å². The highest BCUT2D eigenvalue weighted by Gasteiger charge is 2.47. The fourth-order valence-electron chi connectivity index (χ4n) is 1.87.